The number of Topliss-reactive ketones (excluding diaryl/α,β-unsaturated/α-hetero) is 1. The van der Waals surface area contributed by atoms with Crippen molar-refractivity contribution in [3.05, 3.63) is 23.7 Å². The van der Waals surface area contributed by atoms with Crippen molar-refractivity contribution in [2.45, 2.75) is 44.9 Å². The van der Waals surface area contributed by atoms with Crippen LogP contribution >= 0.6 is 0 Å². The van der Waals surface area contributed by atoms with Gasteiger partial charge in [-0.3, -0.25) is 9.59 Å². The van der Waals surface area contributed by atoms with Gasteiger partial charge in [0.25, 0.3) is 5.91 Å². The molecule has 0 spiro atoms. The predicted molar refractivity (Wildman–Crippen MR) is 85.3 cm³/mol. The zero-order valence-corrected chi connectivity index (χ0v) is 14.2. The molecule has 1 aromatic rings. The highest BCUT2D eigenvalue weighted by Crippen LogP contribution is 2.11. The molecule has 0 unspecified atom stereocenters. The van der Waals surface area contributed by atoms with Crippen molar-refractivity contribution in [3.8, 4) is 0 Å². The number of esters is 1. The number of aliphatic hydroxyl groups excluding tert-OH is 1. The Labute approximate surface area is 144 Å². The number of ether oxygens (including phenoxy) is 1. The van der Waals surface area contributed by atoms with E-state index in [1.807, 2.05) is 0 Å². The maximum absolute atomic E-state index is 12.2. The normalized spacial score (nSPS) is 12.8. The van der Waals surface area contributed by atoms with Crippen LogP contribution in [0.1, 0.15) is 38.5 Å². The second-order valence-electron chi connectivity index (χ2n) is 5.66. The summed E-state index contributed by atoms with van der Waals surface area (Å²) in [5.74, 6) is -2.10. The smallest absolute Gasteiger partial charge is 0.328 e. The number of hydrogen-bond acceptors (Lipinski definition) is 6. The van der Waals surface area contributed by atoms with Gasteiger partial charge < -0.3 is 25.3 Å². The lowest BCUT2D eigenvalue weighted by Crippen LogP contribution is -2.45. The van der Waals surface area contributed by atoms with Crippen LogP contribution in [-0.4, -0.2) is 55.5 Å². The second-order valence-corrected chi connectivity index (χ2v) is 5.66. The first-order valence-electron chi connectivity index (χ1n) is 7.61. The number of hydrogen-bond donors (Lipinski definition) is 2. The highest BCUT2D eigenvalue weighted by atomic mass is 16.5. The fraction of sp³-hybridized carbons (Fsp3) is 0.533. The number of aliphatic hydroxyl groups is 1. The lowest BCUT2D eigenvalue weighted by atomic mass is 10.1. The lowest BCUT2D eigenvalue weighted by molar-refractivity contribution is -0.152. The molecule has 136 valence electrons. The highest BCUT2D eigenvalue weighted by Gasteiger charge is 2.28. The van der Waals surface area contributed by atoms with E-state index in [1.165, 1.54) is 12.5 Å². The third-order valence-electron chi connectivity index (χ3n) is 3.09. The molecule has 0 radical (unpaired) electrons. The van der Waals surface area contributed by atoms with Crippen LogP contribution in [0.5, 0.6) is 0 Å². The lowest BCUT2D eigenvalue weighted by Gasteiger charge is -2.19. The highest BCUT2D eigenvalue weighted by molar-refractivity contribution is 6.25. The molecular weight excluding hydrogens is 330 g/mol. The van der Waals surface area contributed by atoms with Crippen molar-refractivity contribution in [2.24, 2.45) is 7.05 Å². The summed E-state index contributed by atoms with van der Waals surface area (Å²) in [5, 5.41) is 12.4. The van der Waals surface area contributed by atoms with Crippen molar-refractivity contribution in [3.63, 3.8) is 0 Å². The van der Waals surface area contributed by atoms with E-state index in [0.717, 1.165) is 0 Å². The van der Waals surface area contributed by atoms with Crippen LogP contribution in [-0.2, 0) is 26.2 Å². The van der Waals surface area contributed by atoms with Gasteiger partial charge in [-0.25, -0.2) is 9.78 Å². The molecule has 0 aliphatic carbocycles. The van der Waals surface area contributed by atoms with Gasteiger partial charge in [0.2, 0.25) is 5.78 Å². The summed E-state index contributed by atoms with van der Waals surface area (Å²) in [6, 6.07) is -1.13. The van der Waals surface area contributed by atoms with Gasteiger partial charge in [-0.05, 0) is 20.3 Å². The zero-order chi connectivity index (χ0) is 19.0. The van der Waals surface area contributed by atoms with Gasteiger partial charge in [0.15, 0.2) is 6.10 Å². The van der Waals surface area contributed by atoms with E-state index in [1.54, 1.807) is 25.5 Å². The van der Waals surface area contributed by atoms with Gasteiger partial charge in [0, 0.05) is 19.7 Å². The SMILES string of the molecule is CC(C)OC(=O)[C@H](CCC(=O)C=[N+]=[N-])NC(=O)[C@@H](O)c1cn(C)cn1. The van der Waals surface area contributed by atoms with E-state index in [9.17, 15) is 19.5 Å². The van der Waals surface area contributed by atoms with Crippen LogP contribution in [0.25, 0.3) is 5.53 Å². The molecule has 2 N–H and O–H groups in total. The first-order chi connectivity index (χ1) is 11.7. The molecule has 25 heavy (non-hydrogen) atoms. The van der Waals surface area contributed by atoms with E-state index in [-0.39, 0.29) is 18.5 Å². The molecule has 1 rings (SSSR count). The van der Waals surface area contributed by atoms with Crippen LogP contribution in [0, 0.1) is 0 Å². The number of carbonyl (C=O) groups excluding carboxylic acids is 3. The number of nitrogens with zero attached hydrogens (tertiary/aromatic N) is 4. The fourth-order valence-electron chi connectivity index (χ4n) is 1.94. The topological polar surface area (TPSA) is 147 Å². The van der Waals surface area contributed by atoms with E-state index in [4.69, 9.17) is 10.3 Å². The Kier molecular flexibility index (Phi) is 7.64. The van der Waals surface area contributed by atoms with Crippen molar-refractivity contribution < 1.29 is 29.0 Å². The Hall–Kier alpha value is -2.84. The average molecular weight is 351 g/mol. The number of nitrogens with one attached hydrogen (secondary N) is 1. The Balaban J connectivity index is 2.79. The Morgan fingerprint density at radius 2 is 2.16 bits per heavy atom. The molecule has 1 heterocycles. The molecule has 0 fully saturated rings. The number of amides is 1. The molecule has 2 atom stereocenters. The minimum absolute atomic E-state index is 0.0723. The van der Waals surface area contributed by atoms with Gasteiger partial charge in [0.05, 0.1) is 18.1 Å². The van der Waals surface area contributed by atoms with Crippen LogP contribution in [0.3, 0.4) is 0 Å². The Bertz CT molecular complexity index is 678. The summed E-state index contributed by atoms with van der Waals surface area (Å²) in [4.78, 5) is 42.1. The molecule has 0 aromatic carbocycles. The maximum Gasteiger partial charge on any atom is 0.328 e. The summed E-state index contributed by atoms with van der Waals surface area (Å²) in [6.07, 6.45) is 1.39. The van der Waals surface area contributed by atoms with E-state index in [2.05, 4.69) is 15.1 Å². The third kappa shape index (κ3) is 6.66. The first-order valence-corrected chi connectivity index (χ1v) is 7.61. The van der Waals surface area contributed by atoms with Crippen LogP contribution in [0.15, 0.2) is 12.5 Å². The van der Waals surface area contributed by atoms with E-state index in [0.29, 0.717) is 6.21 Å². The molecule has 0 aliphatic heterocycles. The quantitative estimate of drug-likeness (QED) is 0.266. The fourth-order valence-corrected chi connectivity index (χ4v) is 1.94. The number of aromatic nitrogens is 2. The second kappa shape index (κ2) is 9.45. The van der Waals surface area contributed by atoms with Crippen molar-refractivity contribution in [1.82, 2.24) is 14.9 Å². The van der Waals surface area contributed by atoms with Crippen LogP contribution < -0.4 is 5.32 Å². The van der Waals surface area contributed by atoms with Gasteiger partial charge in [-0.2, -0.15) is 4.79 Å². The predicted octanol–water partition coefficient (Wildman–Crippen LogP) is -0.460. The summed E-state index contributed by atoms with van der Waals surface area (Å²) in [6.45, 7) is 3.28. The van der Waals surface area contributed by atoms with E-state index < -0.39 is 35.9 Å². The minimum Gasteiger partial charge on any atom is -0.461 e. The standard InChI is InChI=1S/C15H21N5O5/c1-9(2)25-15(24)11(5-4-10(21)6-18-16)19-14(23)13(22)12-7-20(3)8-17-12/h6-9,11,13,22H,4-5H2,1-3H3,(H,19,23)/t11-,13-/m0/s1. The molecule has 0 saturated carbocycles. The third-order valence-corrected chi connectivity index (χ3v) is 3.09. The van der Waals surface area contributed by atoms with E-state index >= 15 is 0 Å². The molecule has 1 amide bonds. The number of aryl methyl sites for hydroxylation is 1. The Morgan fingerprint density at radius 1 is 1.48 bits per heavy atom. The minimum atomic E-state index is -1.56. The average Bonchev–Trinajstić information content (AvgIpc) is 2.96. The molecule has 10 heteroatoms. The molecular formula is C15H21N5O5. The number of carbonyl (C=O) groups is 3. The Morgan fingerprint density at radius 3 is 2.68 bits per heavy atom. The molecule has 10 nitrogen and oxygen atoms in total. The van der Waals surface area contributed by atoms with Crippen molar-refractivity contribution >= 4 is 23.9 Å². The van der Waals surface area contributed by atoms with Gasteiger partial charge in [-0.1, -0.05) is 0 Å². The molecule has 0 bridgehead atoms. The van der Waals surface area contributed by atoms with Gasteiger partial charge in [0.1, 0.15) is 6.04 Å². The molecule has 1 aromatic heterocycles. The molecule has 0 saturated heterocycles. The first kappa shape index (κ1) is 20.2. The van der Waals surface area contributed by atoms with Crippen LogP contribution in [0.2, 0.25) is 0 Å². The summed E-state index contributed by atoms with van der Waals surface area (Å²) < 4.78 is 6.60. The summed E-state index contributed by atoms with van der Waals surface area (Å²) in [7, 11) is 1.68. The van der Waals surface area contributed by atoms with Crippen molar-refractivity contribution in [2.75, 3.05) is 0 Å². The molecule has 0 aliphatic rings. The summed E-state index contributed by atoms with van der Waals surface area (Å²) >= 11 is 0. The van der Waals surface area contributed by atoms with Gasteiger partial charge in [-0.15, -0.1) is 0 Å². The monoisotopic (exact) mass is 351 g/mol. The number of rotatable bonds is 9. The van der Waals surface area contributed by atoms with Gasteiger partial charge >= 0.3 is 12.2 Å². The number of ketones is 1. The summed E-state index contributed by atoms with van der Waals surface area (Å²) in [5.41, 5.74) is 8.45. The largest absolute Gasteiger partial charge is 0.461 e. The maximum atomic E-state index is 12.2. The van der Waals surface area contributed by atoms with Crippen molar-refractivity contribution in [1.29, 1.82) is 0 Å². The number of imidazole rings is 1. The zero-order valence-electron chi connectivity index (χ0n) is 14.2. The van der Waals surface area contributed by atoms with Crippen LogP contribution in [0.4, 0.5) is 0 Å².